The minimum Gasteiger partial charge on any atom is -0.467 e. The summed E-state index contributed by atoms with van der Waals surface area (Å²) in [5.74, 6) is 0.211. The molecule has 1 aromatic heterocycles. The first-order valence-electron chi connectivity index (χ1n) is 7.23. The smallest absolute Gasteiger partial charge is 0.302 e. The molecule has 1 aliphatic heterocycles. The second kappa shape index (κ2) is 6.05. The van der Waals surface area contributed by atoms with Crippen LogP contribution in [-0.2, 0) is 14.3 Å². The number of ether oxygens (including phenoxy) is 1. The lowest BCUT2D eigenvalue weighted by Gasteiger charge is -2.46. The first-order chi connectivity index (χ1) is 10.7. The van der Waals surface area contributed by atoms with Gasteiger partial charge in [0.05, 0.1) is 18.8 Å². The zero-order chi connectivity index (χ0) is 15.5. The van der Waals surface area contributed by atoms with E-state index in [9.17, 15) is 9.59 Å². The highest BCUT2D eigenvalue weighted by molar-refractivity contribution is 6.03. The standard InChI is InChI=1S/C17H17NO4/c1-12(19)21-11-9-14-16(15-8-5-10-22-15)18(17(14)20)13-6-3-2-4-7-13/h2-8,10,14,16H,9,11H2,1H3/t14-,16-/m0/s1. The Kier molecular flexibility index (Phi) is 3.96. The largest absolute Gasteiger partial charge is 0.467 e. The Bertz CT molecular complexity index is 651. The van der Waals surface area contributed by atoms with Crippen LogP contribution >= 0.6 is 0 Å². The highest BCUT2D eigenvalue weighted by atomic mass is 16.5. The molecule has 5 heteroatoms. The van der Waals surface area contributed by atoms with Crippen molar-refractivity contribution in [3.63, 3.8) is 0 Å². The van der Waals surface area contributed by atoms with Crippen molar-refractivity contribution < 1.29 is 18.7 Å². The molecule has 1 aliphatic rings. The van der Waals surface area contributed by atoms with Crippen LogP contribution < -0.4 is 4.90 Å². The maximum atomic E-state index is 12.5. The number of amides is 1. The first-order valence-corrected chi connectivity index (χ1v) is 7.23. The van der Waals surface area contributed by atoms with E-state index in [-0.39, 0.29) is 30.4 Å². The van der Waals surface area contributed by atoms with Crippen LogP contribution in [-0.4, -0.2) is 18.5 Å². The van der Waals surface area contributed by atoms with Crippen molar-refractivity contribution in [2.75, 3.05) is 11.5 Å². The van der Waals surface area contributed by atoms with Crippen LogP contribution in [0, 0.1) is 5.92 Å². The zero-order valence-electron chi connectivity index (χ0n) is 12.3. The fourth-order valence-electron chi connectivity index (χ4n) is 2.82. The summed E-state index contributed by atoms with van der Waals surface area (Å²) in [7, 11) is 0. The highest BCUT2D eigenvalue weighted by Gasteiger charge is 2.49. The van der Waals surface area contributed by atoms with Gasteiger partial charge in [-0.2, -0.15) is 0 Å². The molecule has 0 aliphatic carbocycles. The summed E-state index contributed by atoms with van der Waals surface area (Å²) in [6.45, 7) is 1.61. The molecule has 0 unspecified atom stereocenters. The Morgan fingerprint density at radius 2 is 2.00 bits per heavy atom. The van der Waals surface area contributed by atoms with Crippen LogP contribution in [0.5, 0.6) is 0 Å². The Balaban J connectivity index is 1.80. The Morgan fingerprint density at radius 1 is 1.23 bits per heavy atom. The molecule has 114 valence electrons. The summed E-state index contributed by atoms with van der Waals surface area (Å²) in [5, 5.41) is 0. The number of anilines is 1. The van der Waals surface area contributed by atoms with Crippen molar-refractivity contribution in [3.05, 3.63) is 54.5 Å². The summed E-state index contributed by atoms with van der Waals surface area (Å²) >= 11 is 0. The molecule has 0 spiro atoms. The van der Waals surface area contributed by atoms with Crippen molar-refractivity contribution in [1.29, 1.82) is 0 Å². The number of hydrogen-bond donors (Lipinski definition) is 0. The number of carbonyl (C=O) groups excluding carboxylic acids is 2. The number of nitrogens with zero attached hydrogens (tertiary/aromatic N) is 1. The molecule has 2 aromatic rings. The highest BCUT2D eigenvalue weighted by Crippen LogP contribution is 2.45. The molecule has 1 saturated heterocycles. The van der Waals surface area contributed by atoms with E-state index in [1.165, 1.54) is 6.92 Å². The van der Waals surface area contributed by atoms with Gasteiger partial charge < -0.3 is 14.1 Å². The number of hydrogen-bond acceptors (Lipinski definition) is 4. The van der Waals surface area contributed by atoms with Gasteiger partial charge in [0.25, 0.3) is 0 Å². The van der Waals surface area contributed by atoms with E-state index in [1.54, 1.807) is 11.2 Å². The molecule has 5 nitrogen and oxygen atoms in total. The van der Waals surface area contributed by atoms with Crippen molar-refractivity contribution in [3.8, 4) is 0 Å². The SMILES string of the molecule is CC(=O)OCC[C@@H]1C(=O)N(c2ccccc2)[C@@H]1c1ccco1. The van der Waals surface area contributed by atoms with Crippen LogP contribution in [0.25, 0.3) is 0 Å². The number of furan rings is 1. The summed E-state index contributed by atoms with van der Waals surface area (Å²) in [6.07, 6.45) is 2.09. The molecule has 1 amide bonds. The van der Waals surface area contributed by atoms with E-state index in [0.717, 1.165) is 11.4 Å². The predicted octanol–water partition coefficient (Wildman–Crippen LogP) is 2.94. The van der Waals surface area contributed by atoms with E-state index < -0.39 is 0 Å². The normalized spacial score (nSPS) is 20.6. The number of benzene rings is 1. The molecule has 2 heterocycles. The van der Waals surface area contributed by atoms with Crippen LogP contribution in [0.15, 0.2) is 53.1 Å². The Labute approximate surface area is 128 Å². The number of β-lactam (4-membered cyclic amide) rings is 1. The maximum Gasteiger partial charge on any atom is 0.302 e. The first kappa shape index (κ1) is 14.4. The molecule has 22 heavy (non-hydrogen) atoms. The molecular formula is C17H17NO4. The fraction of sp³-hybridized carbons (Fsp3) is 0.294. The number of rotatable bonds is 5. The number of carbonyl (C=O) groups is 2. The van der Waals surface area contributed by atoms with Gasteiger partial charge in [0.1, 0.15) is 11.8 Å². The van der Waals surface area contributed by atoms with E-state index in [4.69, 9.17) is 9.15 Å². The van der Waals surface area contributed by atoms with E-state index in [0.29, 0.717) is 6.42 Å². The van der Waals surface area contributed by atoms with Crippen LogP contribution in [0.3, 0.4) is 0 Å². The fourth-order valence-corrected chi connectivity index (χ4v) is 2.82. The zero-order valence-corrected chi connectivity index (χ0v) is 12.3. The number of para-hydroxylation sites is 1. The average Bonchev–Trinajstić information content (AvgIpc) is 3.03. The van der Waals surface area contributed by atoms with E-state index >= 15 is 0 Å². The van der Waals surface area contributed by atoms with Gasteiger partial charge in [-0.1, -0.05) is 18.2 Å². The van der Waals surface area contributed by atoms with Gasteiger partial charge in [-0.25, -0.2) is 0 Å². The minimum atomic E-state index is -0.332. The maximum absolute atomic E-state index is 12.5. The molecule has 0 saturated carbocycles. The molecule has 3 rings (SSSR count). The third kappa shape index (κ3) is 2.62. The van der Waals surface area contributed by atoms with Gasteiger partial charge in [0.15, 0.2) is 0 Å². The predicted molar refractivity (Wildman–Crippen MR) is 80.1 cm³/mol. The van der Waals surface area contributed by atoms with Gasteiger partial charge in [0, 0.05) is 12.6 Å². The second-order valence-electron chi connectivity index (χ2n) is 5.24. The van der Waals surface area contributed by atoms with Crippen LogP contribution in [0.1, 0.15) is 25.1 Å². The minimum absolute atomic E-state index is 0.0275. The third-order valence-corrected chi connectivity index (χ3v) is 3.82. The van der Waals surface area contributed by atoms with Crippen molar-refractivity contribution in [1.82, 2.24) is 0 Å². The summed E-state index contributed by atoms with van der Waals surface area (Å²) in [4.78, 5) is 25.1. The van der Waals surface area contributed by atoms with Gasteiger partial charge in [-0.15, -0.1) is 0 Å². The van der Waals surface area contributed by atoms with Crippen LogP contribution in [0.4, 0.5) is 5.69 Å². The lowest BCUT2D eigenvalue weighted by molar-refractivity contribution is -0.143. The molecule has 0 radical (unpaired) electrons. The van der Waals surface area contributed by atoms with Crippen molar-refractivity contribution >= 4 is 17.6 Å². The lowest BCUT2D eigenvalue weighted by atomic mass is 9.82. The topological polar surface area (TPSA) is 59.8 Å². The monoisotopic (exact) mass is 299 g/mol. The number of esters is 1. The van der Waals surface area contributed by atoms with Gasteiger partial charge in [0.2, 0.25) is 5.91 Å². The Morgan fingerprint density at radius 3 is 2.64 bits per heavy atom. The summed E-state index contributed by atoms with van der Waals surface area (Å²) in [5.41, 5.74) is 0.845. The van der Waals surface area contributed by atoms with Gasteiger partial charge in [-0.05, 0) is 30.7 Å². The quantitative estimate of drug-likeness (QED) is 0.629. The molecule has 0 N–H and O–H groups in total. The lowest BCUT2D eigenvalue weighted by Crippen LogP contribution is -2.55. The van der Waals surface area contributed by atoms with E-state index in [2.05, 4.69) is 0 Å². The molecule has 1 fully saturated rings. The molecule has 0 bridgehead atoms. The Hall–Kier alpha value is -2.56. The molecule has 1 aromatic carbocycles. The van der Waals surface area contributed by atoms with E-state index in [1.807, 2.05) is 42.5 Å². The van der Waals surface area contributed by atoms with Crippen LogP contribution in [0.2, 0.25) is 0 Å². The van der Waals surface area contributed by atoms with Gasteiger partial charge in [-0.3, -0.25) is 9.59 Å². The summed E-state index contributed by atoms with van der Waals surface area (Å²) in [6, 6.07) is 13.0. The van der Waals surface area contributed by atoms with Crippen molar-refractivity contribution in [2.24, 2.45) is 5.92 Å². The molecular weight excluding hydrogens is 282 g/mol. The summed E-state index contributed by atoms with van der Waals surface area (Å²) < 4.78 is 10.5. The van der Waals surface area contributed by atoms with Crippen molar-refractivity contribution in [2.45, 2.75) is 19.4 Å². The second-order valence-corrected chi connectivity index (χ2v) is 5.24. The molecule has 2 atom stereocenters. The average molecular weight is 299 g/mol. The third-order valence-electron chi connectivity index (χ3n) is 3.82. The van der Waals surface area contributed by atoms with Gasteiger partial charge >= 0.3 is 5.97 Å².